The third kappa shape index (κ3) is 6.19. The third-order valence-electron chi connectivity index (χ3n) is 2.23. The van der Waals surface area contributed by atoms with Crippen molar-refractivity contribution in [2.75, 3.05) is 6.54 Å². The Morgan fingerprint density at radius 1 is 1.50 bits per heavy atom. The second-order valence-electron chi connectivity index (χ2n) is 4.25. The van der Waals surface area contributed by atoms with E-state index in [-0.39, 0.29) is 0 Å². The smallest absolute Gasteiger partial charge is 0.323 e. The number of hydrogen-bond acceptors (Lipinski definition) is 3. The minimum absolute atomic E-state index is 0.319. The zero-order chi connectivity index (χ0) is 12.8. The normalized spacial score (nSPS) is 17.0. The van der Waals surface area contributed by atoms with Gasteiger partial charge in [0.2, 0.25) is 0 Å². The molecule has 0 rings (SSSR count). The summed E-state index contributed by atoms with van der Waals surface area (Å²) in [5.41, 5.74) is 10.9. The summed E-state index contributed by atoms with van der Waals surface area (Å²) in [4.78, 5) is 14.8. The van der Waals surface area contributed by atoms with Gasteiger partial charge in [-0.3, -0.25) is 9.79 Å². The first kappa shape index (κ1) is 14.6. The van der Waals surface area contributed by atoms with Crippen LogP contribution in [0.3, 0.4) is 0 Å². The maximum atomic E-state index is 10.7. The molecule has 5 heteroatoms. The Morgan fingerprint density at radius 2 is 2.06 bits per heavy atom. The van der Waals surface area contributed by atoms with E-state index in [2.05, 4.69) is 4.99 Å². The van der Waals surface area contributed by atoms with Crippen molar-refractivity contribution in [3.63, 3.8) is 0 Å². The number of aliphatic carboxylic acids is 1. The fraction of sp³-hybridized carbons (Fsp3) is 0.636. The van der Waals surface area contributed by atoms with Gasteiger partial charge in [0.05, 0.1) is 5.84 Å². The molecule has 0 heterocycles. The standard InChI is InChI=1S/C11H21N3O2/c1-8(5-7-14-9(2)12)4-6-11(3,13)10(15)16/h4H,5-7,13H2,1-3H3,(H2,12,14)(H,15,16)/t11-/m0/s1. The van der Waals surface area contributed by atoms with Crippen molar-refractivity contribution in [1.82, 2.24) is 0 Å². The van der Waals surface area contributed by atoms with E-state index in [0.29, 0.717) is 18.8 Å². The van der Waals surface area contributed by atoms with Gasteiger partial charge in [0, 0.05) is 6.54 Å². The number of amidine groups is 1. The highest BCUT2D eigenvalue weighted by Gasteiger charge is 2.25. The molecule has 0 unspecified atom stereocenters. The molecule has 0 fully saturated rings. The highest BCUT2D eigenvalue weighted by Crippen LogP contribution is 2.10. The SMILES string of the molecule is CC(=CC[C@](C)(N)C(=O)O)CCN=C(C)N. The lowest BCUT2D eigenvalue weighted by Crippen LogP contribution is -2.44. The van der Waals surface area contributed by atoms with Crippen LogP contribution < -0.4 is 11.5 Å². The van der Waals surface area contributed by atoms with Crippen LogP contribution in [-0.2, 0) is 4.79 Å². The molecule has 0 aromatic heterocycles. The zero-order valence-corrected chi connectivity index (χ0v) is 10.2. The van der Waals surface area contributed by atoms with Gasteiger partial charge in [-0.1, -0.05) is 11.6 Å². The minimum atomic E-state index is -1.20. The molecule has 0 radical (unpaired) electrons. The number of aliphatic imine (C=N–C) groups is 1. The van der Waals surface area contributed by atoms with Gasteiger partial charge >= 0.3 is 5.97 Å². The first-order chi connectivity index (χ1) is 7.25. The summed E-state index contributed by atoms with van der Waals surface area (Å²) in [6.45, 7) is 5.79. The molecule has 0 aliphatic rings. The molecule has 0 aromatic carbocycles. The number of carboxylic acid groups (broad SMARTS) is 1. The van der Waals surface area contributed by atoms with E-state index in [1.54, 1.807) is 6.92 Å². The molecule has 0 saturated heterocycles. The van der Waals surface area contributed by atoms with E-state index in [1.165, 1.54) is 6.92 Å². The lowest BCUT2D eigenvalue weighted by molar-refractivity contribution is -0.142. The summed E-state index contributed by atoms with van der Waals surface area (Å²) >= 11 is 0. The Kier molecular flexibility index (Phi) is 5.74. The Labute approximate surface area is 96.2 Å². The van der Waals surface area contributed by atoms with E-state index in [1.807, 2.05) is 13.0 Å². The summed E-state index contributed by atoms with van der Waals surface area (Å²) in [5.74, 6) is -0.436. The van der Waals surface area contributed by atoms with Crippen molar-refractivity contribution < 1.29 is 9.90 Å². The summed E-state index contributed by atoms with van der Waals surface area (Å²) in [6.07, 6.45) is 2.93. The molecule has 16 heavy (non-hydrogen) atoms. The van der Waals surface area contributed by atoms with Gasteiger partial charge in [0.15, 0.2) is 0 Å². The van der Waals surface area contributed by atoms with Crippen LogP contribution >= 0.6 is 0 Å². The van der Waals surface area contributed by atoms with Crippen LogP contribution in [0.2, 0.25) is 0 Å². The van der Waals surface area contributed by atoms with Gasteiger partial charge in [-0.25, -0.2) is 0 Å². The summed E-state index contributed by atoms with van der Waals surface area (Å²) in [6, 6.07) is 0. The van der Waals surface area contributed by atoms with Crippen molar-refractivity contribution in [1.29, 1.82) is 0 Å². The van der Waals surface area contributed by atoms with Crippen LogP contribution in [0.15, 0.2) is 16.6 Å². The summed E-state index contributed by atoms with van der Waals surface area (Å²) in [5, 5.41) is 8.81. The molecule has 0 aliphatic heterocycles. The molecule has 0 bridgehead atoms. The van der Waals surface area contributed by atoms with Crippen LogP contribution in [0, 0.1) is 0 Å². The van der Waals surface area contributed by atoms with Crippen molar-refractivity contribution >= 4 is 11.8 Å². The maximum absolute atomic E-state index is 10.7. The van der Waals surface area contributed by atoms with E-state index >= 15 is 0 Å². The second-order valence-corrected chi connectivity index (χ2v) is 4.25. The van der Waals surface area contributed by atoms with Gasteiger partial charge < -0.3 is 16.6 Å². The predicted octanol–water partition coefficient (Wildman–Crippen LogP) is 0.892. The molecular formula is C11H21N3O2. The molecule has 0 aliphatic carbocycles. The number of carboxylic acids is 1. The maximum Gasteiger partial charge on any atom is 0.323 e. The zero-order valence-electron chi connectivity index (χ0n) is 10.2. The summed E-state index contributed by atoms with van der Waals surface area (Å²) < 4.78 is 0. The Bertz CT molecular complexity index is 302. The molecule has 5 N–H and O–H groups in total. The topological polar surface area (TPSA) is 102 Å². The van der Waals surface area contributed by atoms with Gasteiger partial charge in [-0.15, -0.1) is 0 Å². The molecule has 5 nitrogen and oxygen atoms in total. The molecule has 0 saturated carbocycles. The van der Waals surface area contributed by atoms with E-state index in [0.717, 1.165) is 12.0 Å². The van der Waals surface area contributed by atoms with Gasteiger partial charge in [0.25, 0.3) is 0 Å². The lowest BCUT2D eigenvalue weighted by Gasteiger charge is -2.16. The highest BCUT2D eigenvalue weighted by atomic mass is 16.4. The Morgan fingerprint density at radius 3 is 2.50 bits per heavy atom. The van der Waals surface area contributed by atoms with Crippen molar-refractivity contribution in [2.24, 2.45) is 16.5 Å². The number of nitrogens with zero attached hydrogens (tertiary/aromatic N) is 1. The lowest BCUT2D eigenvalue weighted by atomic mass is 9.97. The monoisotopic (exact) mass is 227 g/mol. The van der Waals surface area contributed by atoms with Crippen LogP contribution in [0.5, 0.6) is 0 Å². The summed E-state index contributed by atoms with van der Waals surface area (Å²) in [7, 11) is 0. The van der Waals surface area contributed by atoms with Crippen molar-refractivity contribution in [2.45, 2.75) is 39.2 Å². The first-order valence-electron chi connectivity index (χ1n) is 5.20. The van der Waals surface area contributed by atoms with Gasteiger partial charge in [-0.2, -0.15) is 0 Å². The number of nitrogens with two attached hydrogens (primary N) is 2. The quantitative estimate of drug-likeness (QED) is 0.356. The second kappa shape index (κ2) is 6.27. The van der Waals surface area contributed by atoms with Crippen LogP contribution in [-0.4, -0.2) is 29.0 Å². The molecule has 0 spiro atoms. The number of hydrogen-bond donors (Lipinski definition) is 3. The fourth-order valence-corrected chi connectivity index (χ4v) is 0.984. The third-order valence-corrected chi connectivity index (χ3v) is 2.23. The fourth-order valence-electron chi connectivity index (χ4n) is 0.984. The van der Waals surface area contributed by atoms with Crippen LogP contribution in [0.1, 0.15) is 33.6 Å². The minimum Gasteiger partial charge on any atom is -0.480 e. The van der Waals surface area contributed by atoms with Crippen LogP contribution in [0.4, 0.5) is 0 Å². The van der Waals surface area contributed by atoms with E-state index < -0.39 is 11.5 Å². The molecule has 0 aromatic rings. The molecule has 0 amide bonds. The van der Waals surface area contributed by atoms with Crippen molar-refractivity contribution in [3.8, 4) is 0 Å². The molecular weight excluding hydrogens is 206 g/mol. The van der Waals surface area contributed by atoms with E-state index in [4.69, 9.17) is 16.6 Å². The Balaban J connectivity index is 4.15. The molecule has 1 atom stereocenters. The van der Waals surface area contributed by atoms with Gasteiger partial charge in [-0.05, 0) is 33.6 Å². The number of carbonyl (C=O) groups is 1. The largest absolute Gasteiger partial charge is 0.480 e. The Hall–Kier alpha value is -1.36. The average Bonchev–Trinajstić information content (AvgIpc) is 2.14. The van der Waals surface area contributed by atoms with Crippen molar-refractivity contribution in [3.05, 3.63) is 11.6 Å². The number of rotatable bonds is 6. The highest BCUT2D eigenvalue weighted by molar-refractivity contribution is 5.78. The van der Waals surface area contributed by atoms with Crippen LogP contribution in [0.25, 0.3) is 0 Å². The average molecular weight is 227 g/mol. The van der Waals surface area contributed by atoms with E-state index in [9.17, 15) is 4.79 Å². The predicted molar refractivity (Wildman–Crippen MR) is 65.4 cm³/mol. The first-order valence-corrected chi connectivity index (χ1v) is 5.20. The molecule has 92 valence electrons. The van der Waals surface area contributed by atoms with Gasteiger partial charge in [0.1, 0.15) is 5.54 Å².